The van der Waals surface area contributed by atoms with Crippen molar-refractivity contribution in [3.63, 3.8) is 0 Å². The number of carbonyl (C=O) groups is 1. The van der Waals surface area contributed by atoms with Crippen LogP contribution in [0.3, 0.4) is 0 Å². The molecule has 27 heavy (non-hydrogen) atoms. The van der Waals surface area contributed by atoms with E-state index in [0.717, 1.165) is 11.1 Å². The van der Waals surface area contributed by atoms with Crippen LogP contribution in [0, 0.1) is 12.7 Å². The van der Waals surface area contributed by atoms with Gasteiger partial charge in [0, 0.05) is 18.9 Å². The molecule has 7 heteroatoms. The van der Waals surface area contributed by atoms with Crippen molar-refractivity contribution in [1.82, 2.24) is 19.6 Å². The molecule has 140 valence electrons. The third kappa shape index (κ3) is 4.03. The summed E-state index contributed by atoms with van der Waals surface area (Å²) in [6.45, 7) is 2.09. The second-order valence-electron chi connectivity index (χ2n) is 6.66. The number of rotatable bonds is 5. The quantitative estimate of drug-likeness (QED) is 0.750. The van der Waals surface area contributed by atoms with Gasteiger partial charge in [0.15, 0.2) is 0 Å². The number of amides is 1. The van der Waals surface area contributed by atoms with E-state index in [9.17, 15) is 14.0 Å². The summed E-state index contributed by atoms with van der Waals surface area (Å²) < 4.78 is 14.9. The van der Waals surface area contributed by atoms with Crippen LogP contribution in [-0.4, -0.2) is 40.8 Å². The molecule has 1 N–H and O–H groups in total. The Kier molecular flexibility index (Phi) is 5.32. The van der Waals surface area contributed by atoms with E-state index in [1.165, 1.54) is 22.7 Å². The normalized spacial score (nSPS) is 12.3. The van der Waals surface area contributed by atoms with Gasteiger partial charge in [-0.2, -0.15) is 0 Å². The molecule has 0 aliphatic heterocycles. The van der Waals surface area contributed by atoms with Crippen molar-refractivity contribution in [2.24, 2.45) is 0 Å². The summed E-state index contributed by atoms with van der Waals surface area (Å²) in [7, 11) is 3.69. The molecule has 1 unspecified atom stereocenters. The number of likely N-dealkylation sites (N-methyl/N-ethyl adjacent to an activating group) is 1. The van der Waals surface area contributed by atoms with Gasteiger partial charge < -0.3 is 10.2 Å². The number of nitrogens with zero attached hydrogens (tertiary/aromatic N) is 3. The Morgan fingerprint density at radius 1 is 1.30 bits per heavy atom. The zero-order valence-corrected chi connectivity index (χ0v) is 15.4. The SMILES string of the molecule is Cc1ccc2ncc(C(=O)NCC(c3cccc(F)c3)N(C)C)c(=O)n2c1. The molecule has 1 amide bonds. The molecule has 1 aromatic carbocycles. The van der Waals surface area contributed by atoms with Crippen molar-refractivity contribution in [2.75, 3.05) is 20.6 Å². The maximum Gasteiger partial charge on any atom is 0.270 e. The van der Waals surface area contributed by atoms with Crippen molar-refractivity contribution in [2.45, 2.75) is 13.0 Å². The molecular weight excluding hydrogens is 347 g/mol. The Morgan fingerprint density at radius 3 is 2.78 bits per heavy atom. The summed E-state index contributed by atoms with van der Waals surface area (Å²) >= 11 is 0. The van der Waals surface area contributed by atoms with Gasteiger partial charge >= 0.3 is 0 Å². The van der Waals surface area contributed by atoms with Gasteiger partial charge in [0.1, 0.15) is 17.0 Å². The summed E-state index contributed by atoms with van der Waals surface area (Å²) in [4.78, 5) is 31.2. The lowest BCUT2D eigenvalue weighted by Gasteiger charge is -2.25. The molecule has 0 saturated carbocycles. The van der Waals surface area contributed by atoms with Gasteiger partial charge in [-0.15, -0.1) is 0 Å². The monoisotopic (exact) mass is 368 g/mol. The molecule has 3 rings (SSSR count). The number of carbonyl (C=O) groups excluding carboxylic acids is 1. The first-order chi connectivity index (χ1) is 12.9. The van der Waals surface area contributed by atoms with Gasteiger partial charge in [-0.1, -0.05) is 18.2 Å². The average Bonchev–Trinajstić information content (AvgIpc) is 2.62. The van der Waals surface area contributed by atoms with E-state index in [2.05, 4.69) is 10.3 Å². The lowest BCUT2D eigenvalue weighted by atomic mass is 10.1. The van der Waals surface area contributed by atoms with E-state index in [4.69, 9.17) is 0 Å². The topological polar surface area (TPSA) is 66.7 Å². The van der Waals surface area contributed by atoms with E-state index >= 15 is 0 Å². The molecule has 6 nitrogen and oxygen atoms in total. The Hall–Kier alpha value is -3.06. The molecule has 0 aliphatic carbocycles. The summed E-state index contributed by atoms with van der Waals surface area (Å²) in [6.07, 6.45) is 2.94. The van der Waals surface area contributed by atoms with Crippen LogP contribution < -0.4 is 10.9 Å². The summed E-state index contributed by atoms with van der Waals surface area (Å²) in [6, 6.07) is 9.58. The molecule has 0 saturated heterocycles. The smallest absolute Gasteiger partial charge is 0.270 e. The molecule has 0 radical (unpaired) electrons. The number of hydrogen-bond donors (Lipinski definition) is 1. The fourth-order valence-electron chi connectivity index (χ4n) is 2.94. The fourth-order valence-corrected chi connectivity index (χ4v) is 2.94. The minimum Gasteiger partial charge on any atom is -0.350 e. The fraction of sp³-hybridized carbons (Fsp3) is 0.250. The Balaban J connectivity index is 1.83. The third-order valence-corrected chi connectivity index (χ3v) is 4.41. The molecule has 1 atom stereocenters. The number of aryl methyl sites for hydroxylation is 1. The predicted octanol–water partition coefficient (Wildman–Crippen LogP) is 2.17. The first-order valence-electron chi connectivity index (χ1n) is 8.55. The second kappa shape index (κ2) is 7.67. The van der Waals surface area contributed by atoms with Crippen LogP contribution in [0.4, 0.5) is 4.39 Å². The van der Waals surface area contributed by atoms with Crippen molar-refractivity contribution in [1.29, 1.82) is 0 Å². The van der Waals surface area contributed by atoms with Crippen molar-refractivity contribution < 1.29 is 9.18 Å². The van der Waals surface area contributed by atoms with E-state index in [-0.39, 0.29) is 24.0 Å². The number of fused-ring (bicyclic) bond motifs is 1. The summed E-state index contributed by atoms with van der Waals surface area (Å²) in [5, 5.41) is 2.76. The maximum absolute atomic E-state index is 13.5. The first kappa shape index (κ1) is 18.7. The van der Waals surface area contributed by atoms with Crippen LogP contribution in [0.5, 0.6) is 0 Å². The van der Waals surface area contributed by atoms with Crippen molar-refractivity contribution >= 4 is 11.6 Å². The predicted molar refractivity (Wildman–Crippen MR) is 101 cm³/mol. The number of pyridine rings is 1. The van der Waals surface area contributed by atoms with Gasteiger partial charge in [0.25, 0.3) is 11.5 Å². The highest BCUT2D eigenvalue weighted by molar-refractivity contribution is 5.93. The Labute approximate surface area is 156 Å². The number of nitrogens with one attached hydrogen (secondary N) is 1. The van der Waals surface area contributed by atoms with E-state index in [1.807, 2.05) is 32.0 Å². The van der Waals surface area contributed by atoms with Crippen LogP contribution in [0.25, 0.3) is 5.65 Å². The minimum absolute atomic E-state index is 0.0325. The van der Waals surface area contributed by atoms with Crippen LogP contribution in [-0.2, 0) is 0 Å². The molecule has 2 heterocycles. The zero-order valence-electron chi connectivity index (χ0n) is 15.4. The lowest BCUT2D eigenvalue weighted by molar-refractivity contribution is 0.0940. The standard InChI is InChI=1S/C20H21FN4O2/c1-13-7-8-18-22-10-16(20(27)25(18)12-13)19(26)23-11-17(24(2)3)14-5-4-6-15(21)9-14/h4-10,12,17H,11H2,1-3H3,(H,23,26). The van der Waals surface area contributed by atoms with Crippen LogP contribution >= 0.6 is 0 Å². The van der Waals surface area contributed by atoms with Gasteiger partial charge in [-0.05, 0) is 50.3 Å². The van der Waals surface area contributed by atoms with Crippen molar-refractivity contribution in [3.8, 4) is 0 Å². The molecule has 0 bridgehead atoms. The van der Waals surface area contributed by atoms with Crippen LogP contribution in [0.1, 0.15) is 27.5 Å². The zero-order chi connectivity index (χ0) is 19.6. The van der Waals surface area contributed by atoms with Gasteiger partial charge in [-0.3, -0.25) is 14.0 Å². The van der Waals surface area contributed by atoms with E-state index in [1.54, 1.807) is 24.4 Å². The van der Waals surface area contributed by atoms with Crippen molar-refractivity contribution in [3.05, 3.63) is 81.7 Å². The second-order valence-corrected chi connectivity index (χ2v) is 6.66. The van der Waals surface area contributed by atoms with Crippen LogP contribution in [0.2, 0.25) is 0 Å². The highest BCUT2D eigenvalue weighted by atomic mass is 19.1. The molecule has 0 aliphatic rings. The minimum atomic E-state index is -0.508. The summed E-state index contributed by atoms with van der Waals surface area (Å²) in [5.41, 5.74) is 1.66. The number of halogens is 1. The Bertz CT molecular complexity index is 1050. The van der Waals surface area contributed by atoms with Gasteiger partial charge in [0.05, 0.1) is 6.04 Å². The van der Waals surface area contributed by atoms with E-state index in [0.29, 0.717) is 5.65 Å². The molecule has 2 aromatic heterocycles. The highest BCUT2D eigenvalue weighted by Crippen LogP contribution is 2.18. The van der Waals surface area contributed by atoms with Crippen LogP contribution in [0.15, 0.2) is 53.6 Å². The Morgan fingerprint density at radius 2 is 2.07 bits per heavy atom. The number of benzene rings is 1. The van der Waals surface area contributed by atoms with E-state index < -0.39 is 11.5 Å². The number of hydrogen-bond acceptors (Lipinski definition) is 4. The molecule has 0 spiro atoms. The third-order valence-electron chi connectivity index (χ3n) is 4.41. The first-order valence-corrected chi connectivity index (χ1v) is 8.55. The highest BCUT2D eigenvalue weighted by Gasteiger charge is 2.18. The maximum atomic E-state index is 13.5. The molecule has 0 fully saturated rings. The summed E-state index contributed by atoms with van der Waals surface area (Å²) in [5.74, 6) is -0.843. The largest absolute Gasteiger partial charge is 0.350 e. The number of aromatic nitrogens is 2. The van der Waals surface area contributed by atoms with Gasteiger partial charge in [-0.25, -0.2) is 9.37 Å². The average molecular weight is 368 g/mol. The lowest BCUT2D eigenvalue weighted by Crippen LogP contribution is -2.37. The van der Waals surface area contributed by atoms with Gasteiger partial charge in [0.2, 0.25) is 0 Å². The molecule has 3 aromatic rings. The molecular formula is C20H21FN4O2.